The number of aromatic carboxylic acids is 1. The van der Waals surface area contributed by atoms with E-state index in [-0.39, 0.29) is 21.4 Å². The molecule has 0 heterocycles. The highest BCUT2D eigenvalue weighted by molar-refractivity contribution is 7.86. The molecule has 0 spiro atoms. The molecule has 2 unspecified atom stereocenters. The maximum atomic E-state index is 12.4. The summed E-state index contributed by atoms with van der Waals surface area (Å²) in [7, 11) is -1.66. The topological polar surface area (TPSA) is 83.5 Å². The largest absolute Gasteiger partial charge is 0.478 e. The van der Waals surface area contributed by atoms with E-state index in [1.165, 1.54) is 25.1 Å². The fourth-order valence-corrected chi connectivity index (χ4v) is 2.86. The zero-order valence-corrected chi connectivity index (χ0v) is 13.8. The van der Waals surface area contributed by atoms with E-state index < -0.39 is 27.6 Å². The van der Waals surface area contributed by atoms with Crippen LogP contribution in [0.5, 0.6) is 0 Å². The van der Waals surface area contributed by atoms with Gasteiger partial charge in [0.05, 0.1) is 21.4 Å². The third kappa shape index (κ3) is 4.82. The summed E-state index contributed by atoms with van der Waals surface area (Å²) in [4.78, 5) is 23.3. The number of benzene rings is 1. The van der Waals surface area contributed by atoms with Crippen molar-refractivity contribution >= 4 is 34.3 Å². The number of nitrogens with one attached hydrogen (secondary N) is 1. The summed E-state index contributed by atoms with van der Waals surface area (Å²) < 4.78 is 12.4. The molecule has 0 aliphatic rings. The molecular weight excluding hydrogens is 314 g/mol. The van der Waals surface area contributed by atoms with Gasteiger partial charge in [0, 0.05) is 10.4 Å². The normalized spacial score (nSPS) is 14.3. The van der Waals surface area contributed by atoms with Crippen molar-refractivity contribution in [3.63, 3.8) is 0 Å². The number of carbonyl (C=O) groups excluding carboxylic acids is 1. The van der Waals surface area contributed by atoms with Crippen molar-refractivity contribution < 1.29 is 18.9 Å². The van der Waals surface area contributed by atoms with Crippen molar-refractivity contribution in [2.75, 3.05) is 0 Å². The predicted molar refractivity (Wildman–Crippen MR) is 82.2 cm³/mol. The zero-order chi connectivity index (χ0) is 16.4. The molecule has 1 aromatic rings. The summed E-state index contributed by atoms with van der Waals surface area (Å²) in [5.41, 5.74) is -0.562. The van der Waals surface area contributed by atoms with Crippen LogP contribution in [0, 0.1) is 0 Å². The van der Waals surface area contributed by atoms with Crippen LogP contribution in [-0.2, 0) is 15.6 Å². The first kappa shape index (κ1) is 17.7. The first-order valence-corrected chi connectivity index (χ1v) is 7.87. The van der Waals surface area contributed by atoms with Crippen LogP contribution in [-0.4, -0.2) is 32.0 Å². The third-order valence-corrected chi connectivity index (χ3v) is 4.49. The maximum absolute atomic E-state index is 12.4. The second-order valence-electron chi connectivity index (χ2n) is 5.63. The molecule has 21 heavy (non-hydrogen) atoms. The molecule has 0 aliphatic carbocycles. The van der Waals surface area contributed by atoms with Gasteiger partial charge in [-0.15, -0.1) is 0 Å². The molecule has 1 rings (SSSR count). The SMILES string of the molecule is CC(C(=O)NC(C)(C)C)S(=O)c1ccc(Cl)c(C(=O)O)c1. The highest BCUT2D eigenvalue weighted by Gasteiger charge is 2.25. The Bertz CT molecular complexity index is 595. The van der Waals surface area contributed by atoms with E-state index in [1.807, 2.05) is 20.8 Å². The fourth-order valence-electron chi connectivity index (χ4n) is 1.57. The van der Waals surface area contributed by atoms with Crippen LogP contribution in [0.4, 0.5) is 0 Å². The standard InChI is InChI=1S/C14H18ClNO4S/c1-8(12(17)16-14(2,3)4)21(20)9-5-6-11(15)10(7-9)13(18)19/h5-8H,1-4H3,(H,16,17)(H,18,19). The second kappa shape index (κ2) is 6.58. The molecule has 0 saturated carbocycles. The lowest BCUT2D eigenvalue weighted by Gasteiger charge is -2.23. The van der Waals surface area contributed by atoms with Crippen molar-refractivity contribution in [1.82, 2.24) is 5.32 Å². The van der Waals surface area contributed by atoms with Gasteiger partial charge in [0.25, 0.3) is 0 Å². The number of halogens is 1. The van der Waals surface area contributed by atoms with Gasteiger partial charge >= 0.3 is 5.97 Å². The number of carboxylic acid groups (broad SMARTS) is 1. The smallest absolute Gasteiger partial charge is 0.337 e. The van der Waals surface area contributed by atoms with Crippen LogP contribution < -0.4 is 5.32 Å². The summed E-state index contributed by atoms with van der Waals surface area (Å²) in [5.74, 6) is -1.56. The molecule has 0 aliphatic heterocycles. The average Bonchev–Trinajstić information content (AvgIpc) is 2.35. The van der Waals surface area contributed by atoms with Crippen LogP contribution in [0.25, 0.3) is 0 Å². The van der Waals surface area contributed by atoms with E-state index >= 15 is 0 Å². The van der Waals surface area contributed by atoms with Crippen molar-refractivity contribution in [2.24, 2.45) is 0 Å². The van der Waals surface area contributed by atoms with Crippen molar-refractivity contribution in [2.45, 2.75) is 43.4 Å². The first-order chi connectivity index (χ1) is 9.53. The van der Waals surface area contributed by atoms with Gasteiger partial charge in [-0.05, 0) is 45.9 Å². The zero-order valence-electron chi connectivity index (χ0n) is 12.3. The highest BCUT2D eigenvalue weighted by atomic mass is 35.5. The van der Waals surface area contributed by atoms with Gasteiger partial charge in [-0.3, -0.25) is 9.00 Å². The van der Waals surface area contributed by atoms with Gasteiger partial charge in [-0.2, -0.15) is 0 Å². The van der Waals surface area contributed by atoms with Gasteiger partial charge in [0.2, 0.25) is 5.91 Å². The molecule has 0 saturated heterocycles. The Kier molecular flexibility index (Phi) is 5.53. The average molecular weight is 332 g/mol. The summed E-state index contributed by atoms with van der Waals surface area (Å²) in [6.45, 7) is 7.01. The molecule has 1 aromatic carbocycles. The van der Waals surface area contributed by atoms with Gasteiger partial charge in [-0.25, -0.2) is 4.79 Å². The van der Waals surface area contributed by atoms with Crippen LogP contribution in [0.3, 0.4) is 0 Å². The Morgan fingerprint density at radius 1 is 1.33 bits per heavy atom. The molecule has 5 nitrogen and oxygen atoms in total. The maximum Gasteiger partial charge on any atom is 0.337 e. The lowest BCUT2D eigenvalue weighted by Crippen LogP contribution is -2.46. The molecule has 2 N–H and O–H groups in total. The van der Waals surface area contributed by atoms with Gasteiger partial charge in [0.15, 0.2) is 0 Å². The van der Waals surface area contributed by atoms with E-state index in [1.54, 1.807) is 0 Å². The monoisotopic (exact) mass is 331 g/mol. The minimum absolute atomic E-state index is 0.0649. The third-order valence-electron chi connectivity index (χ3n) is 2.59. The molecular formula is C14H18ClNO4S. The first-order valence-electron chi connectivity index (χ1n) is 6.28. The fraction of sp³-hybridized carbons (Fsp3) is 0.429. The Hall–Kier alpha value is -1.40. The predicted octanol–water partition coefficient (Wildman–Crippen LogP) is 2.45. The molecule has 0 bridgehead atoms. The number of carboxylic acids is 1. The molecule has 2 atom stereocenters. The molecule has 116 valence electrons. The van der Waals surface area contributed by atoms with E-state index in [9.17, 15) is 13.8 Å². The number of amides is 1. The Balaban J connectivity index is 3.01. The molecule has 0 fully saturated rings. The minimum Gasteiger partial charge on any atom is -0.478 e. The summed E-state index contributed by atoms with van der Waals surface area (Å²) >= 11 is 5.77. The van der Waals surface area contributed by atoms with Crippen molar-refractivity contribution in [1.29, 1.82) is 0 Å². The lowest BCUT2D eigenvalue weighted by molar-refractivity contribution is -0.121. The van der Waals surface area contributed by atoms with E-state index in [4.69, 9.17) is 16.7 Å². The molecule has 0 aromatic heterocycles. The van der Waals surface area contributed by atoms with Crippen molar-refractivity contribution in [3.8, 4) is 0 Å². The lowest BCUT2D eigenvalue weighted by atomic mass is 10.1. The van der Waals surface area contributed by atoms with E-state index in [0.717, 1.165) is 0 Å². The van der Waals surface area contributed by atoms with Gasteiger partial charge < -0.3 is 10.4 Å². The van der Waals surface area contributed by atoms with Gasteiger partial charge in [-0.1, -0.05) is 11.6 Å². The molecule has 0 radical (unpaired) electrons. The number of hydrogen-bond donors (Lipinski definition) is 2. The minimum atomic E-state index is -1.66. The Morgan fingerprint density at radius 2 is 1.90 bits per heavy atom. The summed E-state index contributed by atoms with van der Waals surface area (Å²) in [5, 5.41) is 11.0. The van der Waals surface area contributed by atoms with Crippen LogP contribution in [0.15, 0.2) is 23.1 Å². The number of carbonyl (C=O) groups is 2. The second-order valence-corrected chi connectivity index (χ2v) is 7.81. The van der Waals surface area contributed by atoms with Crippen LogP contribution in [0.1, 0.15) is 38.1 Å². The highest BCUT2D eigenvalue weighted by Crippen LogP contribution is 2.21. The Morgan fingerprint density at radius 3 is 2.38 bits per heavy atom. The van der Waals surface area contributed by atoms with Gasteiger partial charge in [0.1, 0.15) is 5.25 Å². The quantitative estimate of drug-likeness (QED) is 0.887. The number of rotatable bonds is 4. The van der Waals surface area contributed by atoms with Crippen molar-refractivity contribution in [3.05, 3.63) is 28.8 Å². The Labute approximate surface area is 131 Å². The van der Waals surface area contributed by atoms with E-state index in [2.05, 4.69) is 5.32 Å². The van der Waals surface area contributed by atoms with Crippen LogP contribution >= 0.6 is 11.6 Å². The summed E-state index contributed by atoms with van der Waals surface area (Å²) in [6.07, 6.45) is 0. The molecule has 7 heteroatoms. The van der Waals surface area contributed by atoms with Crippen LogP contribution in [0.2, 0.25) is 5.02 Å². The van der Waals surface area contributed by atoms with E-state index in [0.29, 0.717) is 0 Å². The molecule has 1 amide bonds. The number of hydrogen-bond acceptors (Lipinski definition) is 3. The summed E-state index contributed by atoms with van der Waals surface area (Å²) in [6, 6.07) is 4.07.